The van der Waals surface area contributed by atoms with E-state index in [1.165, 1.54) is 0 Å². The van der Waals surface area contributed by atoms with E-state index in [0.717, 1.165) is 0 Å². The molecule has 0 unspecified atom stereocenters. The van der Waals surface area contributed by atoms with Crippen molar-refractivity contribution < 1.29 is 22.5 Å². The number of carboxylic acid groups (broad SMARTS) is 2. The van der Waals surface area contributed by atoms with Crippen LogP contribution in [0.4, 0.5) is 0 Å². The summed E-state index contributed by atoms with van der Waals surface area (Å²) in [6, 6.07) is 0. The van der Waals surface area contributed by atoms with Gasteiger partial charge in [-0.05, 0) is 0 Å². The first kappa shape index (κ1) is 3.88. The van der Waals surface area contributed by atoms with E-state index in [0.29, 0.717) is 0 Å². The average molecular weight is 120 g/mol. The molecule has 0 aliphatic carbocycles. The molecular formula is C4H6O4. The van der Waals surface area contributed by atoms with Gasteiger partial charge in [0.1, 0.15) is 0 Å². The summed E-state index contributed by atoms with van der Waals surface area (Å²) >= 11 is 0. The second-order valence-electron chi connectivity index (χ2n) is 1.01. The molecule has 2 atom stereocenters. The first-order chi connectivity index (χ1) is 4.46. The lowest BCUT2D eigenvalue weighted by Crippen LogP contribution is -2.00. The van der Waals surface area contributed by atoms with E-state index in [9.17, 15) is 9.59 Å². The SMILES string of the molecule is [2H][C@@H](C(=O)O)[C@@H]([2H])C(=O)O. The number of hydrogen-bond acceptors (Lipinski definition) is 2. The Hall–Kier alpha value is -1.06. The molecule has 0 aliphatic heterocycles. The molecule has 0 heterocycles. The van der Waals surface area contributed by atoms with Gasteiger partial charge in [0.25, 0.3) is 0 Å². The van der Waals surface area contributed by atoms with Crippen LogP contribution in [0, 0.1) is 0 Å². The molecule has 8 heavy (non-hydrogen) atoms. The first-order valence-electron chi connectivity index (χ1n) is 2.92. The van der Waals surface area contributed by atoms with Crippen molar-refractivity contribution in [1.29, 1.82) is 0 Å². The van der Waals surface area contributed by atoms with Crippen LogP contribution >= 0.6 is 0 Å². The van der Waals surface area contributed by atoms with Crippen molar-refractivity contribution in [2.75, 3.05) is 0 Å². The highest BCUT2D eigenvalue weighted by atomic mass is 16.4. The first-order valence-corrected chi connectivity index (χ1v) is 1.77. The van der Waals surface area contributed by atoms with Gasteiger partial charge in [0.15, 0.2) is 0 Å². The monoisotopic (exact) mass is 120 g/mol. The van der Waals surface area contributed by atoms with Gasteiger partial charge in [0.2, 0.25) is 0 Å². The molecule has 4 nitrogen and oxygen atoms in total. The van der Waals surface area contributed by atoms with Gasteiger partial charge >= 0.3 is 11.9 Å². The van der Waals surface area contributed by atoms with E-state index < -0.39 is 24.7 Å². The normalized spacial score (nSPS) is 20.0. The second kappa shape index (κ2) is 3.01. The topological polar surface area (TPSA) is 74.6 Å². The fourth-order valence-electron chi connectivity index (χ4n) is 0.143. The van der Waals surface area contributed by atoms with Gasteiger partial charge in [-0.1, -0.05) is 0 Å². The smallest absolute Gasteiger partial charge is 0.303 e. The molecule has 0 saturated carbocycles. The molecule has 0 aliphatic rings. The molecule has 0 fully saturated rings. The van der Waals surface area contributed by atoms with Crippen molar-refractivity contribution in [2.24, 2.45) is 0 Å². The van der Waals surface area contributed by atoms with E-state index in [-0.39, 0.29) is 0 Å². The predicted octanol–water partition coefficient (Wildman–Crippen LogP) is -0.0642. The maximum atomic E-state index is 9.87. The summed E-state index contributed by atoms with van der Waals surface area (Å²) in [7, 11) is 0. The molecule has 0 aromatic heterocycles. The second-order valence-corrected chi connectivity index (χ2v) is 1.01. The Kier molecular flexibility index (Phi) is 1.46. The van der Waals surface area contributed by atoms with Crippen LogP contribution in [0.2, 0.25) is 0 Å². The molecule has 4 heteroatoms. The number of carboxylic acids is 2. The predicted molar refractivity (Wildman–Crippen MR) is 24.5 cm³/mol. The van der Waals surface area contributed by atoms with Crippen molar-refractivity contribution in [1.82, 2.24) is 0 Å². The lowest BCUT2D eigenvalue weighted by atomic mass is 10.3. The Balaban J connectivity index is 4.07. The summed E-state index contributed by atoms with van der Waals surface area (Å²) in [5.41, 5.74) is 0. The van der Waals surface area contributed by atoms with Crippen LogP contribution in [0.25, 0.3) is 0 Å². The minimum atomic E-state index is -1.91. The minimum Gasteiger partial charge on any atom is -0.481 e. The Bertz CT molecular complexity index is 139. The van der Waals surface area contributed by atoms with E-state index in [1.54, 1.807) is 0 Å². The number of aliphatic carboxylic acids is 2. The number of rotatable bonds is 3. The highest BCUT2D eigenvalue weighted by Crippen LogP contribution is 1.85. The summed E-state index contributed by atoms with van der Waals surface area (Å²) < 4.78 is 13.2. The molecule has 2 N–H and O–H groups in total. The molecule has 0 spiro atoms. The third-order valence-electron chi connectivity index (χ3n) is 0.368. The lowest BCUT2D eigenvalue weighted by molar-refractivity contribution is -0.143. The number of hydrogen-bond donors (Lipinski definition) is 2. The highest BCUT2D eigenvalue weighted by Gasteiger charge is 2.00. The Morgan fingerprint density at radius 3 is 1.62 bits per heavy atom. The van der Waals surface area contributed by atoms with Crippen molar-refractivity contribution in [3.63, 3.8) is 0 Å². The van der Waals surface area contributed by atoms with Gasteiger partial charge in [0, 0.05) is 2.74 Å². The third kappa shape index (κ3) is 4.94. The summed E-state index contributed by atoms with van der Waals surface area (Å²) in [5.74, 6) is -3.19. The average Bonchev–Trinajstić information content (AvgIpc) is 1.84. The summed E-state index contributed by atoms with van der Waals surface area (Å²) in [6.45, 7) is 0. The van der Waals surface area contributed by atoms with Crippen molar-refractivity contribution in [2.45, 2.75) is 12.8 Å². The Morgan fingerprint density at radius 2 is 1.50 bits per heavy atom. The van der Waals surface area contributed by atoms with Gasteiger partial charge < -0.3 is 10.2 Å². The molecule has 0 aromatic carbocycles. The van der Waals surface area contributed by atoms with Crippen LogP contribution in [0.3, 0.4) is 0 Å². The summed E-state index contributed by atoms with van der Waals surface area (Å²) in [4.78, 5) is 19.7. The van der Waals surface area contributed by atoms with E-state index in [4.69, 9.17) is 13.0 Å². The van der Waals surface area contributed by atoms with E-state index in [1.807, 2.05) is 0 Å². The molecule has 0 bridgehead atoms. The molecule has 0 saturated heterocycles. The molecular weight excluding hydrogens is 112 g/mol. The van der Waals surface area contributed by atoms with Crippen LogP contribution in [-0.2, 0) is 9.59 Å². The van der Waals surface area contributed by atoms with Crippen LogP contribution in [-0.4, -0.2) is 22.2 Å². The zero-order valence-electron chi connectivity index (χ0n) is 5.87. The van der Waals surface area contributed by atoms with E-state index >= 15 is 0 Å². The van der Waals surface area contributed by atoms with Crippen LogP contribution in [0.5, 0.6) is 0 Å². The van der Waals surface area contributed by atoms with E-state index in [2.05, 4.69) is 0 Å². The maximum Gasteiger partial charge on any atom is 0.303 e. The Labute approximate surface area is 48.6 Å². The van der Waals surface area contributed by atoms with Gasteiger partial charge in [-0.3, -0.25) is 9.59 Å². The summed E-state index contributed by atoms with van der Waals surface area (Å²) in [5, 5.41) is 16.1. The molecule has 0 amide bonds. The fraction of sp³-hybridized carbons (Fsp3) is 0.500. The number of carbonyl (C=O) groups is 2. The zero-order chi connectivity index (χ0) is 8.31. The Morgan fingerprint density at radius 1 is 1.25 bits per heavy atom. The minimum absolute atomic E-state index is 1.59. The quantitative estimate of drug-likeness (QED) is 0.547. The zero-order valence-corrected chi connectivity index (χ0v) is 3.87. The third-order valence-corrected chi connectivity index (χ3v) is 0.368. The largest absolute Gasteiger partial charge is 0.481 e. The van der Waals surface area contributed by atoms with Gasteiger partial charge in [0.05, 0.1) is 12.8 Å². The molecule has 0 radical (unpaired) electrons. The van der Waals surface area contributed by atoms with Gasteiger partial charge in [-0.2, -0.15) is 0 Å². The molecule has 46 valence electrons. The fourth-order valence-corrected chi connectivity index (χ4v) is 0.143. The lowest BCUT2D eigenvalue weighted by Gasteiger charge is -1.85. The molecule has 0 aromatic rings. The van der Waals surface area contributed by atoms with Crippen LogP contribution in [0.15, 0.2) is 0 Å². The van der Waals surface area contributed by atoms with Crippen LogP contribution < -0.4 is 0 Å². The van der Waals surface area contributed by atoms with Crippen LogP contribution in [0.1, 0.15) is 15.5 Å². The van der Waals surface area contributed by atoms with Gasteiger partial charge in [-0.25, -0.2) is 0 Å². The maximum absolute atomic E-state index is 9.87. The highest BCUT2D eigenvalue weighted by molar-refractivity contribution is 5.75. The van der Waals surface area contributed by atoms with Crippen molar-refractivity contribution in [3.8, 4) is 0 Å². The van der Waals surface area contributed by atoms with Crippen molar-refractivity contribution in [3.05, 3.63) is 0 Å². The standard InChI is InChI=1S/C4H6O4/c5-3(6)1-2-4(7)8/h1-2H2,(H,5,6)(H,7,8)/i1D,2D/t1-,2-/m1/s1. The molecule has 0 rings (SSSR count). The van der Waals surface area contributed by atoms with Gasteiger partial charge in [-0.15, -0.1) is 0 Å². The summed E-state index contributed by atoms with van der Waals surface area (Å²) in [6.07, 6.45) is -3.81. The van der Waals surface area contributed by atoms with Crippen molar-refractivity contribution >= 4 is 11.9 Å².